The summed E-state index contributed by atoms with van der Waals surface area (Å²) in [7, 11) is 0. The van der Waals surface area contributed by atoms with Crippen molar-refractivity contribution in [3.05, 3.63) is 104 Å². The summed E-state index contributed by atoms with van der Waals surface area (Å²) in [5.74, 6) is -1.07. The second-order valence-corrected chi connectivity index (χ2v) is 11.4. The van der Waals surface area contributed by atoms with Gasteiger partial charge in [0.2, 0.25) is 10.9 Å². The number of hydrogen-bond donors (Lipinski definition) is 1. The zero-order chi connectivity index (χ0) is 26.3. The third kappa shape index (κ3) is 5.02. The lowest BCUT2D eigenvalue weighted by atomic mass is 9.95. The monoisotopic (exact) mass is 591 g/mol. The predicted octanol–water partition coefficient (Wildman–Crippen LogP) is 7.47. The van der Waals surface area contributed by atoms with E-state index in [1.165, 1.54) is 22.7 Å². The Bertz CT molecular complexity index is 1570. The van der Waals surface area contributed by atoms with E-state index in [0.717, 1.165) is 16.9 Å². The van der Waals surface area contributed by atoms with Crippen LogP contribution in [0.1, 0.15) is 33.5 Å². The van der Waals surface area contributed by atoms with E-state index >= 15 is 0 Å². The van der Waals surface area contributed by atoms with Gasteiger partial charge in [0.15, 0.2) is 15.9 Å². The summed E-state index contributed by atoms with van der Waals surface area (Å²) < 4.78 is 6.07. The first-order chi connectivity index (χ1) is 17.7. The molecule has 0 bridgehead atoms. The molecule has 3 heterocycles. The van der Waals surface area contributed by atoms with Gasteiger partial charge in [-0.15, -0.1) is 10.2 Å². The molecule has 12 heteroatoms. The summed E-state index contributed by atoms with van der Waals surface area (Å²) in [5.41, 5.74) is 1.23. The Kier molecular flexibility index (Phi) is 7.33. The van der Waals surface area contributed by atoms with E-state index in [4.69, 9.17) is 39.2 Å². The predicted molar refractivity (Wildman–Crippen MR) is 145 cm³/mol. The Morgan fingerprint density at radius 1 is 1.08 bits per heavy atom. The summed E-state index contributed by atoms with van der Waals surface area (Å²) in [6, 6.07) is 14.3. The maximum absolute atomic E-state index is 13.4. The number of aliphatic hydroxyl groups is 1. The van der Waals surface area contributed by atoms with Crippen LogP contribution in [0, 0.1) is 6.92 Å². The van der Waals surface area contributed by atoms with Gasteiger partial charge >= 0.3 is 0 Å². The quantitative estimate of drug-likeness (QED) is 0.135. The second kappa shape index (κ2) is 10.5. The van der Waals surface area contributed by atoms with Gasteiger partial charge in [-0.25, -0.2) is 0 Å². The first-order valence-corrected chi connectivity index (χ1v) is 13.7. The molecule has 1 atom stereocenters. The van der Waals surface area contributed by atoms with Crippen LogP contribution in [-0.2, 0) is 10.5 Å². The van der Waals surface area contributed by atoms with Crippen LogP contribution in [0.15, 0.2) is 74.7 Å². The van der Waals surface area contributed by atoms with Crippen LogP contribution in [-0.4, -0.2) is 27.0 Å². The number of amides is 1. The fourth-order valence-electron chi connectivity index (χ4n) is 3.83. The van der Waals surface area contributed by atoms with Crippen LogP contribution in [0.25, 0.3) is 0 Å². The average molecular weight is 593 g/mol. The van der Waals surface area contributed by atoms with Gasteiger partial charge in [-0.3, -0.25) is 14.5 Å². The number of halogens is 3. The van der Waals surface area contributed by atoms with Crippen molar-refractivity contribution in [2.24, 2.45) is 0 Å². The molecule has 0 saturated heterocycles. The highest BCUT2D eigenvalue weighted by molar-refractivity contribution is 8.00. The molecule has 4 aromatic rings. The molecule has 0 spiro atoms. The third-order valence-electron chi connectivity index (χ3n) is 5.59. The molecule has 7 nitrogen and oxygen atoms in total. The first kappa shape index (κ1) is 25.8. The number of hydrogen-bond acceptors (Lipinski definition) is 8. The third-order valence-corrected chi connectivity index (χ3v) is 8.80. The molecule has 5 rings (SSSR count). The average Bonchev–Trinajstić information content (AvgIpc) is 3.59. The Hall–Kier alpha value is -2.82. The highest BCUT2D eigenvalue weighted by Gasteiger charge is 2.46. The van der Waals surface area contributed by atoms with E-state index in [9.17, 15) is 14.7 Å². The van der Waals surface area contributed by atoms with E-state index in [1.54, 1.807) is 37.3 Å². The lowest BCUT2D eigenvalue weighted by Crippen LogP contribution is -2.31. The normalized spacial score (nSPS) is 15.6. The van der Waals surface area contributed by atoms with Crippen LogP contribution in [0.4, 0.5) is 5.13 Å². The number of thioether (sulfide) groups is 1. The number of aromatic nitrogens is 2. The van der Waals surface area contributed by atoms with Crippen LogP contribution in [0.5, 0.6) is 0 Å². The molecule has 0 aliphatic carbocycles. The fourth-order valence-corrected chi connectivity index (χ4v) is 6.29. The number of aliphatic hydroxyl groups excluding tert-OH is 1. The lowest BCUT2D eigenvalue weighted by Gasteiger charge is -2.24. The highest BCUT2D eigenvalue weighted by atomic mass is 35.5. The molecule has 0 saturated carbocycles. The number of rotatable bonds is 7. The molecule has 2 aromatic carbocycles. The topological polar surface area (TPSA) is 96.5 Å². The Labute approximate surface area is 234 Å². The van der Waals surface area contributed by atoms with Gasteiger partial charge in [0, 0.05) is 10.8 Å². The summed E-state index contributed by atoms with van der Waals surface area (Å²) in [6.45, 7) is 1.69. The molecule has 0 radical (unpaired) electrons. The van der Waals surface area contributed by atoms with E-state index < -0.39 is 23.5 Å². The van der Waals surface area contributed by atoms with E-state index in [2.05, 4.69) is 10.2 Å². The van der Waals surface area contributed by atoms with Gasteiger partial charge in [-0.1, -0.05) is 82.2 Å². The highest BCUT2D eigenvalue weighted by Crippen LogP contribution is 2.45. The van der Waals surface area contributed by atoms with Crippen molar-refractivity contribution < 1.29 is 19.1 Å². The number of benzene rings is 2. The van der Waals surface area contributed by atoms with Crippen molar-refractivity contribution in [1.82, 2.24) is 10.2 Å². The molecule has 1 aliphatic heterocycles. The summed E-state index contributed by atoms with van der Waals surface area (Å²) in [4.78, 5) is 28.0. The minimum atomic E-state index is -1.03. The van der Waals surface area contributed by atoms with Crippen LogP contribution in [0.3, 0.4) is 0 Å². The Morgan fingerprint density at radius 3 is 2.57 bits per heavy atom. The van der Waals surface area contributed by atoms with E-state index in [0.29, 0.717) is 31.5 Å². The van der Waals surface area contributed by atoms with Gasteiger partial charge in [0.25, 0.3) is 5.91 Å². The fraction of sp³-hybridized carbons (Fsp3) is 0.120. The minimum absolute atomic E-state index is 0.00740. The number of anilines is 1. The largest absolute Gasteiger partial charge is 0.503 e. The van der Waals surface area contributed by atoms with E-state index in [-0.39, 0.29) is 21.5 Å². The number of ketones is 1. The smallest absolute Gasteiger partial charge is 0.296 e. The van der Waals surface area contributed by atoms with Crippen molar-refractivity contribution in [2.75, 3.05) is 4.90 Å². The summed E-state index contributed by atoms with van der Waals surface area (Å²) in [5, 5.41) is 20.6. The molecular formula is C25H16Cl3N3O4S2. The number of furan rings is 1. The zero-order valence-electron chi connectivity index (χ0n) is 18.9. The molecular weight excluding hydrogens is 577 g/mol. The van der Waals surface area contributed by atoms with Gasteiger partial charge in [0.1, 0.15) is 5.76 Å². The van der Waals surface area contributed by atoms with Gasteiger partial charge in [-0.2, -0.15) is 0 Å². The molecule has 37 heavy (non-hydrogen) atoms. The SMILES string of the molecule is Cc1ccc(C(=O)C2=C(O)C(=O)N(c3nnc(SCc4ccccc4Cl)s3)C2c2ccc(Cl)c(Cl)c2)o1. The molecule has 1 amide bonds. The second-order valence-electron chi connectivity index (χ2n) is 7.98. The van der Waals surface area contributed by atoms with Gasteiger partial charge in [0.05, 0.1) is 21.7 Å². The maximum Gasteiger partial charge on any atom is 0.296 e. The van der Waals surface area contributed by atoms with Crippen LogP contribution >= 0.6 is 57.9 Å². The molecule has 1 aliphatic rings. The lowest BCUT2D eigenvalue weighted by molar-refractivity contribution is -0.117. The van der Waals surface area contributed by atoms with Crippen molar-refractivity contribution >= 4 is 74.7 Å². The summed E-state index contributed by atoms with van der Waals surface area (Å²) >= 11 is 21.2. The molecule has 2 aromatic heterocycles. The van der Waals surface area contributed by atoms with Crippen LogP contribution < -0.4 is 4.90 Å². The molecule has 1 N–H and O–H groups in total. The Morgan fingerprint density at radius 2 is 1.86 bits per heavy atom. The van der Waals surface area contributed by atoms with Crippen molar-refractivity contribution in [3.63, 3.8) is 0 Å². The molecule has 188 valence electrons. The molecule has 1 unspecified atom stereocenters. The van der Waals surface area contributed by atoms with Gasteiger partial charge in [-0.05, 0) is 48.4 Å². The number of carbonyl (C=O) groups is 2. The number of Topliss-reactive ketones (excluding diaryl/α,β-unsaturated/α-hetero) is 1. The van der Waals surface area contributed by atoms with Crippen molar-refractivity contribution in [2.45, 2.75) is 23.1 Å². The molecule has 0 fully saturated rings. The van der Waals surface area contributed by atoms with Gasteiger partial charge < -0.3 is 9.52 Å². The first-order valence-electron chi connectivity index (χ1n) is 10.8. The number of aryl methyl sites for hydroxylation is 1. The minimum Gasteiger partial charge on any atom is -0.503 e. The number of carbonyl (C=O) groups excluding carboxylic acids is 2. The Balaban J connectivity index is 1.52. The standard InChI is InChI=1S/C25H16Cl3N3O4S2/c1-12-6-9-18(35-12)21(32)19-20(13-7-8-16(27)17(28)10-13)31(23(34)22(19)33)24-29-30-25(37-24)36-11-14-4-2-3-5-15(14)26/h2-10,20,33H,11H2,1H3. The summed E-state index contributed by atoms with van der Waals surface area (Å²) in [6.07, 6.45) is 0. The van der Waals surface area contributed by atoms with E-state index in [1.807, 2.05) is 18.2 Å². The van der Waals surface area contributed by atoms with Crippen molar-refractivity contribution in [1.29, 1.82) is 0 Å². The maximum atomic E-state index is 13.4. The van der Waals surface area contributed by atoms with Crippen LogP contribution in [0.2, 0.25) is 15.1 Å². The zero-order valence-corrected chi connectivity index (χ0v) is 22.8. The van der Waals surface area contributed by atoms with Crippen molar-refractivity contribution in [3.8, 4) is 0 Å². The number of nitrogens with zero attached hydrogens (tertiary/aromatic N) is 3.